The molecule has 3 heterocycles. The van der Waals surface area contributed by atoms with Gasteiger partial charge in [0, 0.05) is 48.9 Å². The fraction of sp³-hybridized carbons (Fsp3) is 0.500. The van der Waals surface area contributed by atoms with Crippen LogP contribution in [0.25, 0.3) is 0 Å². The number of urea groups is 1. The number of ketones is 1. The van der Waals surface area contributed by atoms with Crippen LogP contribution >= 0.6 is 0 Å². The second kappa shape index (κ2) is 10.9. The Morgan fingerprint density at radius 2 is 1.82 bits per heavy atom. The number of carbonyl (C=O) groups is 3. The largest absolute Gasteiger partial charge is 0.457 e. The molecule has 0 saturated carbocycles. The van der Waals surface area contributed by atoms with E-state index in [1.165, 1.54) is 0 Å². The van der Waals surface area contributed by atoms with E-state index in [2.05, 4.69) is 9.88 Å². The number of aryl methyl sites for hydroxylation is 1. The number of aromatic nitrogens is 1. The van der Waals surface area contributed by atoms with Crippen molar-refractivity contribution >= 4 is 23.5 Å². The lowest BCUT2D eigenvalue weighted by Crippen LogP contribution is -2.42. The number of esters is 1. The molecule has 0 bridgehead atoms. The molecule has 2 fully saturated rings. The average molecular weight is 468 g/mol. The number of nitrogens with one attached hydrogen (secondary N) is 1. The molecule has 1 aromatic heterocycles. The number of ether oxygens (including phenoxy) is 2. The van der Waals surface area contributed by atoms with Crippen LogP contribution in [-0.2, 0) is 20.8 Å². The first-order valence-corrected chi connectivity index (χ1v) is 12.0. The van der Waals surface area contributed by atoms with Gasteiger partial charge in [0.05, 0.1) is 12.0 Å². The lowest BCUT2D eigenvalue weighted by atomic mass is 9.97. The zero-order valence-electron chi connectivity index (χ0n) is 19.9. The van der Waals surface area contributed by atoms with Gasteiger partial charge in [-0.1, -0.05) is 18.2 Å². The minimum absolute atomic E-state index is 0.174. The lowest BCUT2D eigenvalue weighted by molar-refractivity contribution is -0.148. The molecule has 0 unspecified atom stereocenters. The van der Waals surface area contributed by atoms with E-state index >= 15 is 0 Å². The SMILES string of the molecule is Cc1cc(C(=O)COC(=O)C2CCN(C(=O)Nc3ccccc3)CC2)c(C)n1C[C@H]1CCCO1. The summed E-state index contributed by atoms with van der Waals surface area (Å²) in [5.41, 5.74) is 3.22. The Hall–Kier alpha value is -3.13. The van der Waals surface area contributed by atoms with Crippen LogP contribution in [0, 0.1) is 19.8 Å². The molecule has 34 heavy (non-hydrogen) atoms. The first-order valence-electron chi connectivity index (χ1n) is 12.0. The third-order valence-corrected chi connectivity index (χ3v) is 6.77. The fourth-order valence-corrected chi connectivity index (χ4v) is 4.73. The van der Waals surface area contributed by atoms with Crippen LogP contribution in [0.1, 0.15) is 47.4 Å². The first-order chi connectivity index (χ1) is 16.4. The van der Waals surface area contributed by atoms with Gasteiger partial charge in [-0.3, -0.25) is 9.59 Å². The maximum atomic E-state index is 12.8. The van der Waals surface area contributed by atoms with Crippen molar-refractivity contribution in [2.75, 3.05) is 31.6 Å². The van der Waals surface area contributed by atoms with Gasteiger partial charge >= 0.3 is 12.0 Å². The number of anilines is 1. The number of Topliss-reactive ketones (excluding diaryl/α,β-unsaturated/α-hetero) is 1. The van der Waals surface area contributed by atoms with Crippen molar-refractivity contribution in [3.63, 3.8) is 0 Å². The van der Waals surface area contributed by atoms with Crippen molar-refractivity contribution in [1.82, 2.24) is 9.47 Å². The van der Waals surface area contributed by atoms with Gasteiger partial charge in [0.25, 0.3) is 0 Å². The number of benzene rings is 1. The van der Waals surface area contributed by atoms with Gasteiger partial charge in [-0.05, 0) is 57.7 Å². The molecule has 1 aromatic carbocycles. The van der Waals surface area contributed by atoms with Crippen LogP contribution in [0.15, 0.2) is 36.4 Å². The topological polar surface area (TPSA) is 89.9 Å². The maximum Gasteiger partial charge on any atom is 0.321 e. The van der Waals surface area contributed by atoms with Gasteiger partial charge in [-0.2, -0.15) is 0 Å². The van der Waals surface area contributed by atoms with E-state index in [1.807, 2.05) is 50.2 Å². The van der Waals surface area contributed by atoms with E-state index in [4.69, 9.17) is 9.47 Å². The fourth-order valence-electron chi connectivity index (χ4n) is 4.73. The number of hydrogen-bond acceptors (Lipinski definition) is 5. The summed E-state index contributed by atoms with van der Waals surface area (Å²) in [4.78, 5) is 39.5. The van der Waals surface area contributed by atoms with E-state index in [1.54, 1.807) is 4.90 Å². The summed E-state index contributed by atoms with van der Waals surface area (Å²) in [6, 6.07) is 11.0. The lowest BCUT2D eigenvalue weighted by Gasteiger charge is -2.30. The second-order valence-corrected chi connectivity index (χ2v) is 9.12. The molecule has 182 valence electrons. The number of amides is 2. The summed E-state index contributed by atoms with van der Waals surface area (Å²) in [7, 11) is 0. The number of nitrogens with zero attached hydrogens (tertiary/aromatic N) is 2. The molecular formula is C26H33N3O5. The first kappa shape index (κ1) is 24.0. The summed E-state index contributed by atoms with van der Waals surface area (Å²) in [5, 5.41) is 2.86. The predicted octanol–water partition coefficient (Wildman–Crippen LogP) is 3.95. The molecule has 4 rings (SSSR count). The molecule has 0 radical (unpaired) electrons. The number of carbonyl (C=O) groups excluding carboxylic acids is 3. The van der Waals surface area contributed by atoms with Crippen molar-refractivity contribution in [3.8, 4) is 0 Å². The van der Waals surface area contributed by atoms with Gasteiger partial charge < -0.3 is 24.3 Å². The third kappa shape index (κ3) is 5.67. The monoisotopic (exact) mass is 467 g/mol. The van der Waals surface area contributed by atoms with Crippen LogP contribution in [0.5, 0.6) is 0 Å². The molecule has 8 nitrogen and oxygen atoms in total. The van der Waals surface area contributed by atoms with Gasteiger partial charge in [0.1, 0.15) is 0 Å². The number of rotatable bonds is 7. The van der Waals surface area contributed by atoms with E-state index < -0.39 is 0 Å². The number of likely N-dealkylation sites (tertiary alicyclic amines) is 1. The Labute approximate surface area is 200 Å². The zero-order valence-corrected chi connectivity index (χ0v) is 19.9. The normalized spacial score (nSPS) is 18.6. The molecule has 1 atom stereocenters. The predicted molar refractivity (Wildman–Crippen MR) is 128 cm³/mol. The number of para-hydroxylation sites is 1. The highest BCUT2D eigenvalue weighted by Crippen LogP contribution is 2.22. The van der Waals surface area contributed by atoms with E-state index in [-0.39, 0.29) is 36.4 Å². The van der Waals surface area contributed by atoms with Crippen LogP contribution in [0.3, 0.4) is 0 Å². The smallest absolute Gasteiger partial charge is 0.321 e. The van der Waals surface area contributed by atoms with E-state index in [0.29, 0.717) is 31.5 Å². The number of piperidine rings is 1. The van der Waals surface area contributed by atoms with Crippen molar-refractivity contribution < 1.29 is 23.9 Å². The Morgan fingerprint density at radius 1 is 1.09 bits per heavy atom. The van der Waals surface area contributed by atoms with Crippen LogP contribution in [0.2, 0.25) is 0 Å². The quantitative estimate of drug-likeness (QED) is 0.492. The van der Waals surface area contributed by atoms with Gasteiger partial charge in [0.15, 0.2) is 6.61 Å². The molecule has 1 N–H and O–H groups in total. The van der Waals surface area contributed by atoms with Crippen molar-refractivity contribution in [3.05, 3.63) is 53.3 Å². The molecule has 0 aliphatic carbocycles. The van der Waals surface area contributed by atoms with Gasteiger partial charge in [-0.15, -0.1) is 0 Å². The molecule has 8 heteroatoms. The Balaban J connectivity index is 1.24. The van der Waals surface area contributed by atoms with Crippen LogP contribution < -0.4 is 5.32 Å². The van der Waals surface area contributed by atoms with E-state index in [0.717, 1.165) is 43.1 Å². The molecule has 2 amide bonds. The minimum Gasteiger partial charge on any atom is -0.457 e. The summed E-state index contributed by atoms with van der Waals surface area (Å²) >= 11 is 0. The molecule has 2 aromatic rings. The second-order valence-electron chi connectivity index (χ2n) is 9.12. The van der Waals surface area contributed by atoms with Crippen molar-refractivity contribution in [1.29, 1.82) is 0 Å². The minimum atomic E-state index is -0.371. The highest BCUT2D eigenvalue weighted by atomic mass is 16.5. The molecule has 2 aliphatic heterocycles. The van der Waals surface area contributed by atoms with Crippen molar-refractivity contribution in [2.24, 2.45) is 5.92 Å². The summed E-state index contributed by atoms with van der Waals surface area (Å²) in [6.07, 6.45) is 3.33. The molecule has 2 aliphatic rings. The van der Waals surface area contributed by atoms with Gasteiger partial charge in [0.2, 0.25) is 5.78 Å². The molecular weight excluding hydrogens is 434 g/mol. The average Bonchev–Trinajstić information content (AvgIpc) is 3.47. The molecule has 0 spiro atoms. The van der Waals surface area contributed by atoms with Crippen molar-refractivity contribution in [2.45, 2.75) is 52.2 Å². The Bertz CT molecular complexity index is 1020. The Kier molecular flexibility index (Phi) is 7.67. The summed E-state index contributed by atoms with van der Waals surface area (Å²) < 4.78 is 13.2. The highest BCUT2D eigenvalue weighted by Gasteiger charge is 2.29. The van der Waals surface area contributed by atoms with E-state index in [9.17, 15) is 14.4 Å². The van der Waals surface area contributed by atoms with Crippen LogP contribution in [0.4, 0.5) is 10.5 Å². The van der Waals surface area contributed by atoms with Crippen LogP contribution in [-0.4, -0.2) is 59.7 Å². The summed E-state index contributed by atoms with van der Waals surface area (Å²) in [6.45, 7) is 6.11. The summed E-state index contributed by atoms with van der Waals surface area (Å²) in [5.74, 6) is -0.870. The Morgan fingerprint density at radius 3 is 2.50 bits per heavy atom. The number of hydrogen-bond donors (Lipinski definition) is 1. The highest BCUT2D eigenvalue weighted by molar-refractivity contribution is 5.99. The standard InChI is InChI=1S/C26H33N3O5/c1-18-15-23(19(2)29(18)16-22-9-6-14-33-22)24(30)17-34-25(31)20-10-12-28(13-11-20)26(32)27-21-7-4-3-5-8-21/h3-5,7-8,15,20,22H,6,9-14,16-17H2,1-2H3,(H,27,32)/t22-/m1/s1. The molecule has 2 saturated heterocycles. The zero-order chi connectivity index (χ0) is 24.1. The van der Waals surface area contributed by atoms with Gasteiger partial charge in [-0.25, -0.2) is 4.79 Å². The maximum absolute atomic E-state index is 12.8. The third-order valence-electron chi connectivity index (χ3n) is 6.77.